The summed E-state index contributed by atoms with van der Waals surface area (Å²) < 4.78 is 0. The van der Waals surface area contributed by atoms with Gasteiger partial charge in [-0.25, -0.2) is 0 Å². The maximum atomic E-state index is 12.8. The highest BCUT2D eigenvalue weighted by molar-refractivity contribution is 7.09. The molecule has 1 heterocycles. The third-order valence-electron chi connectivity index (χ3n) is 4.85. The molecule has 3 nitrogen and oxygen atoms in total. The summed E-state index contributed by atoms with van der Waals surface area (Å²) in [6.07, 6.45) is 1.13. The number of amides is 1. The topological polar surface area (TPSA) is 49.3 Å². The van der Waals surface area contributed by atoms with Crippen LogP contribution < -0.4 is 5.32 Å². The fraction of sp³-hybridized carbons (Fsp3) is 0.125. The molecule has 0 aliphatic heterocycles. The van der Waals surface area contributed by atoms with Crippen molar-refractivity contribution in [2.24, 2.45) is 0 Å². The summed E-state index contributed by atoms with van der Waals surface area (Å²) in [6.45, 7) is 0. The lowest BCUT2D eigenvalue weighted by atomic mass is 9.92. The highest BCUT2D eigenvalue weighted by Gasteiger charge is 2.22. The summed E-state index contributed by atoms with van der Waals surface area (Å²) in [5, 5.41) is 17.8. The minimum absolute atomic E-state index is 0.0328. The Bertz CT molecular complexity index is 1070. The van der Waals surface area contributed by atoms with Gasteiger partial charge in [-0.05, 0) is 40.3 Å². The van der Waals surface area contributed by atoms with Crippen LogP contribution in [0.1, 0.15) is 28.5 Å². The fourth-order valence-corrected chi connectivity index (χ4v) is 4.19. The lowest BCUT2D eigenvalue weighted by Gasteiger charge is -2.22. The summed E-state index contributed by atoms with van der Waals surface area (Å²) in [5.41, 5.74) is 1.67. The van der Waals surface area contributed by atoms with Crippen molar-refractivity contribution < 1.29 is 9.90 Å². The molecule has 4 heteroatoms. The average Bonchev–Trinajstić information content (AvgIpc) is 3.25. The number of phenols is 1. The molecule has 0 bridgehead atoms. The van der Waals surface area contributed by atoms with E-state index in [0.29, 0.717) is 12.8 Å². The number of thiophene rings is 1. The first kappa shape index (κ1) is 18.3. The molecule has 28 heavy (non-hydrogen) atoms. The molecule has 1 unspecified atom stereocenters. The quantitative estimate of drug-likeness (QED) is 0.462. The second kappa shape index (κ2) is 8.28. The number of aryl methyl sites for hydroxylation is 1. The van der Waals surface area contributed by atoms with Crippen LogP contribution in [0.3, 0.4) is 0 Å². The van der Waals surface area contributed by atoms with Gasteiger partial charge in [0, 0.05) is 16.9 Å². The molecular formula is C24H21NO2S. The number of carbonyl (C=O) groups excluding carboxylic acids is 1. The standard InChI is InChI=1S/C24H21NO2S/c26-21-14-12-17-7-4-5-11-20(17)23(21)24(18-8-2-1-3-9-18)25-22(27)15-13-19-10-6-16-28-19/h1-12,14,16,24,26H,13,15H2,(H,25,27). The minimum atomic E-state index is -0.414. The van der Waals surface area contributed by atoms with Crippen molar-refractivity contribution in [2.45, 2.75) is 18.9 Å². The van der Waals surface area contributed by atoms with Gasteiger partial charge in [-0.1, -0.05) is 66.7 Å². The van der Waals surface area contributed by atoms with Crippen molar-refractivity contribution >= 4 is 28.0 Å². The van der Waals surface area contributed by atoms with E-state index in [1.165, 1.54) is 4.88 Å². The molecule has 0 saturated carbocycles. The molecule has 3 aromatic carbocycles. The van der Waals surface area contributed by atoms with E-state index < -0.39 is 6.04 Å². The Labute approximate surface area is 168 Å². The molecule has 0 saturated heterocycles. The molecule has 1 aromatic heterocycles. The van der Waals surface area contributed by atoms with Gasteiger partial charge < -0.3 is 10.4 Å². The monoisotopic (exact) mass is 387 g/mol. The lowest BCUT2D eigenvalue weighted by molar-refractivity contribution is -0.121. The minimum Gasteiger partial charge on any atom is -0.508 e. The van der Waals surface area contributed by atoms with E-state index in [1.54, 1.807) is 17.4 Å². The predicted octanol–water partition coefficient (Wildman–Crippen LogP) is 5.45. The van der Waals surface area contributed by atoms with Gasteiger partial charge in [0.2, 0.25) is 5.91 Å². The maximum absolute atomic E-state index is 12.8. The third-order valence-corrected chi connectivity index (χ3v) is 5.79. The Hall–Kier alpha value is -3.11. The third kappa shape index (κ3) is 3.92. The maximum Gasteiger partial charge on any atom is 0.221 e. The summed E-state index contributed by atoms with van der Waals surface area (Å²) in [4.78, 5) is 13.9. The SMILES string of the molecule is O=C(CCc1cccs1)NC(c1ccccc1)c1c(O)ccc2ccccc12. The van der Waals surface area contributed by atoms with Gasteiger partial charge in [0.05, 0.1) is 6.04 Å². The Balaban J connectivity index is 1.69. The molecular weight excluding hydrogens is 366 g/mol. The van der Waals surface area contributed by atoms with Gasteiger partial charge in [0.1, 0.15) is 5.75 Å². The van der Waals surface area contributed by atoms with Gasteiger partial charge in [-0.3, -0.25) is 4.79 Å². The van der Waals surface area contributed by atoms with E-state index in [2.05, 4.69) is 5.32 Å². The van der Waals surface area contributed by atoms with Crippen LogP contribution in [0.5, 0.6) is 5.75 Å². The zero-order valence-corrected chi connectivity index (χ0v) is 16.2. The highest BCUT2D eigenvalue weighted by atomic mass is 32.1. The van der Waals surface area contributed by atoms with E-state index in [0.717, 1.165) is 21.9 Å². The van der Waals surface area contributed by atoms with E-state index in [9.17, 15) is 9.90 Å². The van der Waals surface area contributed by atoms with Gasteiger partial charge >= 0.3 is 0 Å². The van der Waals surface area contributed by atoms with Gasteiger partial charge in [-0.2, -0.15) is 0 Å². The van der Waals surface area contributed by atoms with Gasteiger partial charge in [0.15, 0.2) is 0 Å². The Kier molecular flexibility index (Phi) is 5.40. The molecule has 0 fully saturated rings. The number of phenolic OH excluding ortho intramolecular Hbond substituents is 1. The van der Waals surface area contributed by atoms with E-state index in [4.69, 9.17) is 0 Å². The smallest absolute Gasteiger partial charge is 0.221 e. The predicted molar refractivity (Wildman–Crippen MR) is 115 cm³/mol. The first-order valence-corrected chi connectivity index (χ1v) is 10.2. The number of rotatable bonds is 6. The first-order valence-electron chi connectivity index (χ1n) is 9.29. The number of benzene rings is 3. The van der Waals surface area contributed by atoms with Crippen molar-refractivity contribution in [1.29, 1.82) is 0 Å². The number of nitrogens with one attached hydrogen (secondary N) is 1. The van der Waals surface area contributed by atoms with E-state index in [1.807, 2.05) is 78.2 Å². The van der Waals surface area contributed by atoms with Crippen LogP contribution in [0, 0.1) is 0 Å². The zero-order chi connectivity index (χ0) is 19.3. The Morgan fingerprint density at radius 2 is 1.71 bits per heavy atom. The van der Waals surface area contributed by atoms with Crippen molar-refractivity contribution in [1.82, 2.24) is 5.32 Å². The largest absolute Gasteiger partial charge is 0.508 e. The Morgan fingerprint density at radius 3 is 2.50 bits per heavy atom. The van der Waals surface area contributed by atoms with Crippen LogP contribution in [-0.2, 0) is 11.2 Å². The zero-order valence-electron chi connectivity index (χ0n) is 15.3. The van der Waals surface area contributed by atoms with Crippen LogP contribution in [0.15, 0.2) is 84.2 Å². The molecule has 4 aromatic rings. The molecule has 4 rings (SSSR count). The summed E-state index contributed by atoms with van der Waals surface area (Å²) >= 11 is 1.66. The molecule has 2 N–H and O–H groups in total. The van der Waals surface area contributed by atoms with Crippen LogP contribution >= 0.6 is 11.3 Å². The number of fused-ring (bicyclic) bond motifs is 1. The molecule has 140 valence electrons. The molecule has 1 amide bonds. The lowest BCUT2D eigenvalue weighted by Crippen LogP contribution is -2.29. The number of hydrogen-bond donors (Lipinski definition) is 2. The number of hydrogen-bond acceptors (Lipinski definition) is 3. The van der Waals surface area contributed by atoms with Crippen LogP contribution in [0.4, 0.5) is 0 Å². The summed E-state index contributed by atoms with van der Waals surface area (Å²) in [7, 11) is 0. The average molecular weight is 388 g/mol. The summed E-state index contributed by atoms with van der Waals surface area (Å²) in [6, 6.07) is 24.9. The Morgan fingerprint density at radius 1 is 0.929 bits per heavy atom. The van der Waals surface area contributed by atoms with Crippen LogP contribution in [0.25, 0.3) is 10.8 Å². The summed E-state index contributed by atoms with van der Waals surface area (Å²) in [5.74, 6) is 0.153. The normalized spacial score (nSPS) is 12.0. The molecule has 1 atom stereocenters. The van der Waals surface area contributed by atoms with Crippen LogP contribution in [-0.4, -0.2) is 11.0 Å². The molecule has 0 radical (unpaired) electrons. The van der Waals surface area contributed by atoms with Crippen molar-refractivity contribution in [3.63, 3.8) is 0 Å². The van der Waals surface area contributed by atoms with Gasteiger partial charge in [-0.15, -0.1) is 11.3 Å². The molecule has 0 aliphatic carbocycles. The van der Waals surface area contributed by atoms with Crippen LogP contribution in [0.2, 0.25) is 0 Å². The first-order chi connectivity index (χ1) is 13.7. The second-order valence-electron chi connectivity index (χ2n) is 6.71. The van der Waals surface area contributed by atoms with Crippen molar-refractivity contribution in [3.05, 3.63) is 100 Å². The molecule has 0 aliphatic rings. The van der Waals surface area contributed by atoms with E-state index >= 15 is 0 Å². The van der Waals surface area contributed by atoms with Crippen molar-refractivity contribution in [2.75, 3.05) is 0 Å². The number of carbonyl (C=O) groups is 1. The number of aromatic hydroxyl groups is 1. The van der Waals surface area contributed by atoms with Crippen molar-refractivity contribution in [3.8, 4) is 5.75 Å². The van der Waals surface area contributed by atoms with Gasteiger partial charge in [0.25, 0.3) is 0 Å². The molecule has 0 spiro atoms. The second-order valence-corrected chi connectivity index (χ2v) is 7.74. The highest BCUT2D eigenvalue weighted by Crippen LogP contribution is 2.35. The van der Waals surface area contributed by atoms with E-state index in [-0.39, 0.29) is 11.7 Å². The fourth-order valence-electron chi connectivity index (χ4n) is 3.48.